The van der Waals surface area contributed by atoms with Gasteiger partial charge >= 0.3 is 0 Å². The van der Waals surface area contributed by atoms with Crippen molar-refractivity contribution in [1.82, 2.24) is 9.13 Å². The molecule has 0 aliphatic carbocycles. The zero-order valence-corrected chi connectivity index (χ0v) is 30.1. The highest BCUT2D eigenvalue weighted by Crippen LogP contribution is 2.41. The van der Waals surface area contributed by atoms with Crippen LogP contribution in [0.2, 0.25) is 0 Å². The van der Waals surface area contributed by atoms with Gasteiger partial charge in [0.15, 0.2) is 0 Å². The molecule has 0 atom stereocenters. The van der Waals surface area contributed by atoms with E-state index in [4.69, 9.17) is 2.74 Å². The zero-order chi connectivity index (χ0) is 43.1. The molecule has 0 fully saturated rings. The van der Waals surface area contributed by atoms with E-state index in [1.807, 2.05) is 115 Å². The molecule has 0 radical (unpaired) electrons. The second-order valence-corrected chi connectivity index (χ2v) is 14.0. The SMILES string of the molecule is [2H]c1c([2H])c([2H])c2c(c1[2H])c1c([2H])c(-c3ccc4c(c3)c3cccc(-c5ccccc5)c3n4-c3ccc(-c4ccccc4)cc3)c([2H])c([2H])c1n2-c1cccc(-c2ccccc2)c1. The van der Waals surface area contributed by atoms with Crippen molar-refractivity contribution in [3.63, 3.8) is 0 Å². The topological polar surface area (TPSA) is 9.86 Å². The van der Waals surface area contributed by atoms with E-state index in [9.17, 15) is 6.85 Å². The van der Waals surface area contributed by atoms with Crippen LogP contribution in [-0.4, -0.2) is 9.13 Å². The summed E-state index contributed by atoms with van der Waals surface area (Å²) >= 11 is 0. The minimum atomic E-state index is -0.424. The molecule has 56 heavy (non-hydrogen) atoms. The van der Waals surface area contributed by atoms with Crippen LogP contribution in [0, 0.1) is 0 Å². The zero-order valence-electron chi connectivity index (χ0n) is 37.1. The summed E-state index contributed by atoms with van der Waals surface area (Å²) in [5, 5.41) is 2.23. The summed E-state index contributed by atoms with van der Waals surface area (Å²) in [6, 6.07) is 56.8. The van der Waals surface area contributed by atoms with Gasteiger partial charge in [0.25, 0.3) is 0 Å². The number of rotatable bonds is 6. The highest BCUT2D eigenvalue weighted by Gasteiger charge is 2.19. The maximum absolute atomic E-state index is 9.91. The van der Waals surface area contributed by atoms with Crippen molar-refractivity contribution < 1.29 is 9.60 Å². The molecule has 11 rings (SSSR count). The Balaban J connectivity index is 1.18. The molecule has 0 unspecified atom stereocenters. The Morgan fingerprint density at radius 2 is 0.929 bits per heavy atom. The minimum Gasteiger partial charge on any atom is -0.309 e. The van der Waals surface area contributed by atoms with E-state index >= 15 is 0 Å². The van der Waals surface area contributed by atoms with E-state index in [2.05, 4.69) is 65.2 Å². The molecule has 0 saturated heterocycles. The molecule has 0 spiro atoms. The Morgan fingerprint density at radius 1 is 0.321 bits per heavy atom. The van der Waals surface area contributed by atoms with Crippen molar-refractivity contribution >= 4 is 43.6 Å². The third kappa shape index (κ3) is 5.26. The van der Waals surface area contributed by atoms with Crippen molar-refractivity contribution in [1.29, 1.82) is 0 Å². The molecule has 11 aromatic rings. The predicted molar refractivity (Wildman–Crippen MR) is 237 cm³/mol. The number of para-hydroxylation sites is 2. The molecule has 2 heterocycles. The summed E-state index contributed by atoms with van der Waals surface area (Å²) < 4.78 is 68.9. The van der Waals surface area contributed by atoms with Crippen LogP contribution in [0.1, 0.15) is 9.60 Å². The molecule has 0 amide bonds. The molecule has 0 aliphatic heterocycles. The van der Waals surface area contributed by atoms with Crippen LogP contribution in [-0.2, 0) is 0 Å². The lowest BCUT2D eigenvalue weighted by Crippen LogP contribution is -1.95. The van der Waals surface area contributed by atoms with Crippen LogP contribution in [0.25, 0.3) is 99.5 Å². The maximum atomic E-state index is 9.91. The molecule has 2 aromatic heterocycles. The Labute approximate surface area is 335 Å². The fraction of sp³-hybridized carbons (Fsp3) is 0. The average molecular weight is 720 g/mol. The molecule has 2 nitrogen and oxygen atoms in total. The van der Waals surface area contributed by atoms with Crippen molar-refractivity contribution in [3.8, 4) is 55.9 Å². The van der Waals surface area contributed by atoms with Crippen LogP contribution in [0.4, 0.5) is 0 Å². The summed E-state index contributed by atoms with van der Waals surface area (Å²) in [6.07, 6.45) is 0. The van der Waals surface area contributed by atoms with Crippen molar-refractivity contribution in [2.75, 3.05) is 0 Å². The van der Waals surface area contributed by atoms with E-state index in [0.29, 0.717) is 11.3 Å². The van der Waals surface area contributed by atoms with Crippen LogP contribution in [0.3, 0.4) is 0 Å². The van der Waals surface area contributed by atoms with Gasteiger partial charge in [-0.3, -0.25) is 0 Å². The largest absolute Gasteiger partial charge is 0.309 e. The predicted octanol–water partition coefficient (Wildman–Crippen LogP) is 14.5. The van der Waals surface area contributed by atoms with Crippen LogP contribution in [0.15, 0.2) is 218 Å². The van der Waals surface area contributed by atoms with E-state index in [1.54, 1.807) is 4.57 Å². The smallest absolute Gasteiger partial charge is 0.0645 e. The first kappa shape index (κ1) is 25.6. The van der Waals surface area contributed by atoms with Gasteiger partial charge < -0.3 is 9.13 Å². The standard InChI is InChI=1S/C54H36N2/c1-4-14-37(15-5-1)39-26-30-44(31-27-39)56-53-33-29-43(36-50(53)48-24-13-23-46(54(48)56)40-18-8-3-9-19-40)42-28-32-52-49(35-42)47-22-10-11-25-51(47)55(52)45-21-12-20-41(34-45)38-16-6-2-7-17-38/h1-36H/i10D,11D,22D,25D,28D,32D,35D. The maximum Gasteiger partial charge on any atom is 0.0645 e. The molecule has 9 aromatic carbocycles. The van der Waals surface area contributed by atoms with Gasteiger partial charge in [-0.1, -0.05) is 164 Å². The second-order valence-electron chi connectivity index (χ2n) is 14.0. The molecule has 262 valence electrons. The summed E-state index contributed by atoms with van der Waals surface area (Å²) in [5.41, 5.74) is 10.8. The minimum absolute atomic E-state index is 0.0800. The third-order valence-electron chi connectivity index (χ3n) is 10.8. The molecular formula is C54H36N2. The van der Waals surface area contributed by atoms with Gasteiger partial charge in [-0.2, -0.15) is 0 Å². The molecule has 2 heteroatoms. The quantitative estimate of drug-likeness (QED) is 0.162. The highest BCUT2D eigenvalue weighted by molar-refractivity contribution is 6.15. The average Bonchev–Trinajstić information content (AvgIpc) is 3.87. The van der Waals surface area contributed by atoms with Crippen molar-refractivity contribution in [2.45, 2.75) is 0 Å². The number of hydrogen-bond donors (Lipinski definition) is 0. The molecule has 0 N–H and O–H groups in total. The van der Waals surface area contributed by atoms with E-state index < -0.39 is 12.1 Å². The lowest BCUT2D eigenvalue weighted by atomic mass is 9.99. The summed E-state index contributed by atoms with van der Waals surface area (Å²) in [7, 11) is 0. The first-order valence-corrected chi connectivity index (χ1v) is 18.7. The number of nitrogens with zero attached hydrogens (tertiary/aromatic N) is 2. The number of hydrogen-bond acceptors (Lipinski definition) is 0. The first-order valence-electron chi connectivity index (χ1n) is 22.2. The Bertz CT molecular complexity index is 3620. The fourth-order valence-corrected chi connectivity index (χ4v) is 8.15. The highest BCUT2D eigenvalue weighted by atomic mass is 15.0. The Morgan fingerprint density at radius 3 is 1.70 bits per heavy atom. The Hall–Kier alpha value is -7.42. The third-order valence-corrected chi connectivity index (χ3v) is 10.8. The van der Waals surface area contributed by atoms with Crippen LogP contribution >= 0.6 is 0 Å². The number of benzene rings is 9. The van der Waals surface area contributed by atoms with Gasteiger partial charge in [-0.15, -0.1) is 0 Å². The van der Waals surface area contributed by atoms with Gasteiger partial charge in [0, 0.05) is 38.5 Å². The van der Waals surface area contributed by atoms with Gasteiger partial charge in [0.1, 0.15) is 0 Å². The molecule has 0 aliphatic rings. The van der Waals surface area contributed by atoms with Gasteiger partial charge in [0.05, 0.1) is 31.7 Å². The summed E-state index contributed by atoms with van der Waals surface area (Å²) in [4.78, 5) is 0. The van der Waals surface area contributed by atoms with Gasteiger partial charge in [0.2, 0.25) is 0 Å². The molecular weight excluding hydrogens is 677 g/mol. The summed E-state index contributed by atoms with van der Waals surface area (Å²) in [6.45, 7) is 0. The van der Waals surface area contributed by atoms with E-state index in [0.717, 1.165) is 60.9 Å². The lowest BCUT2D eigenvalue weighted by molar-refractivity contribution is 1.18. The number of fused-ring (bicyclic) bond motifs is 6. The van der Waals surface area contributed by atoms with Gasteiger partial charge in [-0.05, 0) is 93.5 Å². The second kappa shape index (κ2) is 13.2. The Kier molecular flexibility index (Phi) is 6.01. The lowest BCUT2D eigenvalue weighted by Gasteiger charge is -2.13. The summed E-state index contributed by atoms with van der Waals surface area (Å²) in [5.74, 6) is 0. The van der Waals surface area contributed by atoms with E-state index in [-0.39, 0.29) is 57.6 Å². The number of aromatic nitrogens is 2. The van der Waals surface area contributed by atoms with Crippen molar-refractivity contribution in [3.05, 3.63) is 218 Å². The van der Waals surface area contributed by atoms with Crippen molar-refractivity contribution in [2.24, 2.45) is 0 Å². The molecule has 0 bridgehead atoms. The van der Waals surface area contributed by atoms with E-state index in [1.165, 1.54) is 0 Å². The van der Waals surface area contributed by atoms with Crippen LogP contribution < -0.4 is 0 Å². The normalized spacial score (nSPS) is 13.3. The molecule has 0 saturated carbocycles. The monoisotopic (exact) mass is 719 g/mol. The first-order chi connectivity index (χ1) is 30.7. The van der Waals surface area contributed by atoms with Crippen LogP contribution in [0.5, 0.6) is 0 Å². The van der Waals surface area contributed by atoms with Gasteiger partial charge in [-0.25, -0.2) is 0 Å². The fourth-order valence-electron chi connectivity index (χ4n) is 8.15.